The topological polar surface area (TPSA) is 31.2 Å². The van der Waals surface area contributed by atoms with Crippen molar-refractivity contribution in [1.29, 1.82) is 0 Å². The smallest absolute Gasteiger partial charge is 0.136 e. The van der Waals surface area contributed by atoms with Crippen LogP contribution in [0, 0.1) is 0 Å². The molecule has 7 aromatic rings. The molecule has 39 heavy (non-hydrogen) atoms. The minimum Gasteiger partial charge on any atom is -0.456 e. The van der Waals surface area contributed by atoms with Crippen LogP contribution >= 0.6 is 0 Å². The SMILES string of the molecule is C1=CCC(c2ccc3oc4ccc5oc6ccc(-n7c8c(c9ccccc97)C=CCC8)cc6c5c4c3c2)C=C1. The number of nitrogens with zero attached hydrogens (tertiary/aromatic N) is 1. The van der Waals surface area contributed by atoms with E-state index in [1.807, 2.05) is 12.1 Å². The highest BCUT2D eigenvalue weighted by molar-refractivity contribution is 6.26. The normalized spacial score (nSPS) is 16.9. The van der Waals surface area contributed by atoms with E-state index in [1.54, 1.807) is 0 Å². The van der Waals surface area contributed by atoms with Crippen molar-refractivity contribution in [2.24, 2.45) is 0 Å². The summed E-state index contributed by atoms with van der Waals surface area (Å²) in [7, 11) is 0. The van der Waals surface area contributed by atoms with Crippen molar-refractivity contribution in [3.63, 3.8) is 0 Å². The van der Waals surface area contributed by atoms with Crippen molar-refractivity contribution in [1.82, 2.24) is 4.57 Å². The first-order valence-electron chi connectivity index (χ1n) is 13.8. The number of aromatic nitrogens is 1. The molecule has 1 atom stereocenters. The molecule has 186 valence electrons. The summed E-state index contributed by atoms with van der Waals surface area (Å²) in [5.74, 6) is 0.387. The van der Waals surface area contributed by atoms with Crippen LogP contribution in [0.5, 0.6) is 0 Å². The Morgan fingerprint density at radius 1 is 0.692 bits per heavy atom. The molecule has 3 aromatic heterocycles. The lowest BCUT2D eigenvalue weighted by Crippen LogP contribution is -2.02. The van der Waals surface area contributed by atoms with Gasteiger partial charge in [-0.05, 0) is 73.4 Å². The van der Waals surface area contributed by atoms with Crippen LogP contribution in [-0.4, -0.2) is 4.57 Å². The Morgan fingerprint density at radius 3 is 2.28 bits per heavy atom. The summed E-state index contributed by atoms with van der Waals surface area (Å²) in [6.45, 7) is 0. The van der Waals surface area contributed by atoms with Gasteiger partial charge in [0.2, 0.25) is 0 Å². The van der Waals surface area contributed by atoms with Gasteiger partial charge in [0, 0.05) is 49.8 Å². The Hall–Kier alpha value is -4.76. The third-order valence-corrected chi connectivity index (χ3v) is 8.59. The molecule has 2 aliphatic carbocycles. The van der Waals surface area contributed by atoms with E-state index in [2.05, 4.69) is 102 Å². The molecule has 2 aliphatic rings. The van der Waals surface area contributed by atoms with E-state index < -0.39 is 0 Å². The van der Waals surface area contributed by atoms with Crippen molar-refractivity contribution in [2.75, 3.05) is 0 Å². The molecule has 0 fully saturated rings. The van der Waals surface area contributed by atoms with Gasteiger partial charge in [0.25, 0.3) is 0 Å². The van der Waals surface area contributed by atoms with E-state index in [0.29, 0.717) is 5.92 Å². The third kappa shape index (κ3) is 2.99. The Kier molecular flexibility index (Phi) is 4.28. The van der Waals surface area contributed by atoms with Crippen molar-refractivity contribution in [2.45, 2.75) is 25.2 Å². The van der Waals surface area contributed by atoms with E-state index >= 15 is 0 Å². The van der Waals surface area contributed by atoms with Crippen LogP contribution in [0.25, 0.3) is 66.5 Å². The molecule has 0 spiro atoms. The number of hydrogen-bond donors (Lipinski definition) is 0. The number of rotatable bonds is 2. The summed E-state index contributed by atoms with van der Waals surface area (Å²) < 4.78 is 15.2. The number of fused-ring (bicyclic) bond motifs is 10. The lowest BCUT2D eigenvalue weighted by Gasteiger charge is -2.13. The van der Waals surface area contributed by atoms with Crippen molar-refractivity contribution in [3.8, 4) is 5.69 Å². The van der Waals surface area contributed by atoms with Gasteiger partial charge in [-0.15, -0.1) is 0 Å². The molecule has 0 aliphatic heterocycles. The number of allylic oxidation sites excluding steroid dienone is 5. The minimum absolute atomic E-state index is 0.387. The van der Waals surface area contributed by atoms with Crippen LogP contribution in [-0.2, 0) is 6.42 Å². The zero-order valence-corrected chi connectivity index (χ0v) is 21.4. The van der Waals surface area contributed by atoms with Gasteiger partial charge in [0.05, 0.1) is 5.52 Å². The summed E-state index contributed by atoms with van der Waals surface area (Å²) in [6.07, 6.45) is 16.5. The average molecular weight is 504 g/mol. The van der Waals surface area contributed by atoms with Gasteiger partial charge in [-0.1, -0.05) is 60.7 Å². The Morgan fingerprint density at radius 2 is 1.46 bits per heavy atom. The van der Waals surface area contributed by atoms with Crippen LogP contribution in [0.15, 0.2) is 112 Å². The van der Waals surface area contributed by atoms with E-state index in [9.17, 15) is 0 Å². The molecule has 3 heteroatoms. The standard InChI is InChI=1S/C36H25NO2/c1-2-8-22(9-3-1)23-14-16-31-27(20-23)35-33(38-31)18-19-34-36(35)28-21-24(15-17-32(28)39-34)37-29-12-6-4-10-25(29)26-11-5-7-13-30(26)37/h1-6,8,10-12,14-22H,7,9,13H2. The first-order chi connectivity index (χ1) is 19.3. The molecular formula is C36H25NO2. The fourth-order valence-electron chi connectivity index (χ4n) is 6.80. The number of para-hydroxylation sites is 1. The second kappa shape index (κ2) is 7.87. The van der Waals surface area contributed by atoms with Crippen LogP contribution in [0.2, 0.25) is 0 Å². The minimum atomic E-state index is 0.387. The van der Waals surface area contributed by atoms with E-state index in [-0.39, 0.29) is 0 Å². The molecule has 1 unspecified atom stereocenters. The van der Waals surface area contributed by atoms with Gasteiger partial charge in [-0.25, -0.2) is 0 Å². The maximum absolute atomic E-state index is 6.42. The van der Waals surface area contributed by atoms with Crippen LogP contribution in [0.1, 0.15) is 35.6 Å². The number of hydrogen-bond acceptors (Lipinski definition) is 2. The second-order valence-electron chi connectivity index (χ2n) is 10.8. The largest absolute Gasteiger partial charge is 0.456 e. The van der Waals surface area contributed by atoms with Gasteiger partial charge >= 0.3 is 0 Å². The van der Waals surface area contributed by atoms with Crippen LogP contribution in [0.4, 0.5) is 0 Å². The number of benzene rings is 4. The first-order valence-corrected chi connectivity index (χ1v) is 13.8. The molecule has 0 bridgehead atoms. The molecule has 0 radical (unpaired) electrons. The summed E-state index contributed by atoms with van der Waals surface area (Å²) in [6, 6.07) is 26.1. The van der Waals surface area contributed by atoms with Gasteiger partial charge in [-0.3, -0.25) is 0 Å². The first kappa shape index (κ1) is 21.2. The summed E-state index contributed by atoms with van der Waals surface area (Å²) >= 11 is 0. The predicted octanol–water partition coefficient (Wildman–Crippen LogP) is 9.99. The molecule has 0 N–H and O–H groups in total. The average Bonchev–Trinajstić information content (AvgIpc) is 3.66. The molecule has 9 rings (SSSR count). The molecule has 0 amide bonds. The maximum Gasteiger partial charge on any atom is 0.136 e. The summed E-state index contributed by atoms with van der Waals surface area (Å²) in [5, 5.41) is 5.85. The lowest BCUT2D eigenvalue weighted by atomic mass is 9.91. The molecule has 4 aromatic carbocycles. The monoisotopic (exact) mass is 503 g/mol. The Balaban J connectivity index is 1.33. The zero-order valence-electron chi connectivity index (χ0n) is 21.4. The third-order valence-electron chi connectivity index (χ3n) is 8.59. The van der Waals surface area contributed by atoms with E-state index in [1.165, 1.54) is 33.4 Å². The van der Waals surface area contributed by atoms with Gasteiger partial charge in [-0.2, -0.15) is 0 Å². The van der Waals surface area contributed by atoms with Crippen molar-refractivity contribution >= 4 is 60.9 Å². The second-order valence-corrected chi connectivity index (χ2v) is 10.8. The quantitative estimate of drug-likeness (QED) is 0.235. The molecule has 0 saturated carbocycles. The highest BCUT2D eigenvalue weighted by Gasteiger charge is 2.21. The highest BCUT2D eigenvalue weighted by atomic mass is 16.3. The van der Waals surface area contributed by atoms with E-state index in [0.717, 1.165) is 63.1 Å². The molecule has 3 heterocycles. The zero-order chi connectivity index (χ0) is 25.5. The predicted molar refractivity (Wildman–Crippen MR) is 161 cm³/mol. The maximum atomic E-state index is 6.42. The van der Waals surface area contributed by atoms with Crippen LogP contribution < -0.4 is 0 Å². The summed E-state index contributed by atoms with van der Waals surface area (Å²) in [5.41, 5.74) is 10.1. The van der Waals surface area contributed by atoms with Crippen molar-refractivity contribution < 1.29 is 8.83 Å². The fraction of sp³-hybridized carbons (Fsp3) is 0.111. The Labute approximate surface area is 224 Å². The fourth-order valence-corrected chi connectivity index (χ4v) is 6.80. The van der Waals surface area contributed by atoms with Gasteiger partial charge in [0.15, 0.2) is 0 Å². The molecule has 0 saturated heterocycles. The van der Waals surface area contributed by atoms with Gasteiger partial charge < -0.3 is 13.4 Å². The lowest BCUT2D eigenvalue weighted by molar-refractivity contribution is 0.662. The Bertz CT molecular complexity index is 2210. The summed E-state index contributed by atoms with van der Waals surface area (Å²) in [4.78, 5) is 0. The van der Waals surface area contributed by atoms with Gasteiger partial charge in [0.1, 0.15) is 22.3 Å². The highest BCUT2D eigenvalue weighted by Crippen LogP contribution is 2.42. The van der Waals surface area contributed by atoms with Crippen molar-refractivity contribution in [3.05, 3.63) is 120 Å². The molecular weight excluding hydrogens is 478 g/mol. The molecule has 3 nitrogen and oxygen atoms in total. The number of furan rings is 2. The van der Waals surface area contributed by atoms with E-state index in [4.69, 9.17) is 8.83 Å². The van der Waals surface area contributed by atoms with Crippen LogP contribution in [0.3, 0.4) is 0 Å².